The van der Waals surface area contributed by atoms with Gasteiger partial charge in [-0.1, -0.05) is 36.4 Å². The van der Waals surface area contributed by atoms with Crippen LogP contribution in [-0.4, -0.2) is 30.4 Å². The normalized spacial score (nSPS) is 11.4. The summed E-state index contributed by atoms with van der Waals surface area (Å²) in [6.45, 7) is 1.69. The van der Waals surface area contributed by atoms with Gasteiger partial charge in [-0.2, -0.15) is 5.10 Å². The SMILES string of the molecule is CSc1nn(CC(=O)Nc2ccccc2C)c(N)c1S(=O)(=O)c1ccccc1. The third kappa shape index (κ3) is 3.90. The number of amides is 1. The number of sulfone groups is 1. The number of nitrogen functional groups attached to an aromatic ring is 1. The molecule has 1 heterocycles. The summed E-state index contributed by atoms with van der Waals surface area (Å²) in [5.74, 6) is -0.409. The molecule has 0 unspecified atom stereocenters. The van der Waals surface area contributed by atoms with Crippen molar-refractivity contribution >= 4 is 39.0 Å². The zero-order valence-corrected chi connectivity index (χ0v) is 17.0. The van der Waals surface area contributed by atoms with E-state index in [2.05, 4.69) is 10.4 Å². The number of hydrogen-bond donors (Lipinski definition) is 2. The Bertz CT molecular complexity index is 1110. The van der Waals surface area contributed by atoms with Gasteiger partial charge < -0.3 is 11.1 Å². The third-order valence-electron chi connectivity index (χ3n) is 4.14. The number of nitrogens with zero attached hydrogens (tertiary/aromatic N) is 2. The number of hydrogen-bond acceptors (Lipinski definition) is 6. The minimum absolute atomic E-state index is 0.0619. The van der Waals surface area contributed by atoms with Crippen LogP contribution >= 0.6 is 11.8 Å². The molecule has 0 radical (unpaired) electrons. The minimum atomic E-state index is -3.85. The lowest BCUT2D eigenvalue weighted by Gasteiger charge is -2.09. The predicted octanol–water partition coefficient (Wildman–Crippen LogP) is 2.97. The molecule has 0 aliphatic heterocycles. The second-order valence-electron chi connectivity index (χ2n) is 6.06. The van der Waals surface area contributed by atoms with Gasteiger partial charge in [-0.3, -0.25) is 4.79 Å². The zero-order chi connectivity index (χ0) is 20.3. The maximum atomic E-state index is 13.0. The third-order valence-corrected chi connectivity index (χ3v) is 6.78. The van der Waals surface area contributed by atoms with Gasteiger partial charge in [0.15, 0.2) is 0 Å². The molecule has 0 saturated carbocycles. The Kier molecular flexibility index (Phi) is 5.76. The summed E-state index contributed by atoms with van der Waals surface area (Å²) in [4.78, 5) is 12.5. The average Bonchev–Trinajstić information content (AvgIpc) is 3.00. The van der Waals surface area contributed by atoms with E-state index < -0.39 is 9.84 Å². The van der Waals surface area contributed by atoms with E-state index in [1.54, 1.807) is 30.5 Å². The fourth-order valence-corrected chi connectivity index (χ4v) is 5.15. The summed E-state index contributed by atoms with van der Waals surface area (Å²) in [6, 6.07) is 15.4. The second kappa shape index (κ2) is 8.07. The average molecular weight is 417 g/mol. The van der Waals surface area contributed by atoms with Gasteiger partial charge in [0.25, 0.3) is 0 Å². The lowest BCUT2D eigenvalue weighted by atomic mass is 10.2. The van der Waals surface area contributed by atoms with Gasteiger partial charge in [-0.25, -0.2) is 13.1 Å². The van der Waals surface area contributed by atoms with Crippen LogP contribution in [0, 0.1) is 6.92 Å². The molecule has 2 aromatic carbocycles. The summed E-state index contributed by atoms with van der Waals surface area (Å²) in [5.41, 5.74) is 7.70. The van der Waals surface area contributed by atoms with Crippen LogP contribution in [0.5, 0.6) is 0 Å². The molecule has 7 nitrogen and oxygen atoms in total. The fourth-order valence-electron chi connectivity index (χ4n) is 2.70. The molecule has 0 atom stereocenters. The van der Waals surface area contributed by atoms with Crippen molar-refractivity contribution in [2.24, 2.45) is 0 Å². The fraction of sp³-hybridized carbons (Fsp3) is 0.158. The molecule has 146 valence electrons. The van der Waals surface area contributed by atoms with Crippen molar-refractivity contribution in [2.75, 3.05) is 17.3 Å². The molecule has 0 aliphatic rings. The summed E-state index contributed by atoms with van der Waals surface area (Å²) < 4.78 is 27.3. The molecular formula is C19H20N4O3S2. The molecule has 3 N–H and O–H groups in total. The first-order chi connectivity index (χ1) is 13.3. The van der Waals surface area contributed by atoms with Crippen molar-refractivity contribution in [3.63, 3.8) is 0 Å². The topological polar surface area (TPSA) is 107 Å². The first-order valence-electron chi connectivity index (χ1n) is 8.40. The van der Waals surface area contributed by atoms with E-state index in [0.29, 0.717) is 5.69 Å². The molecule has 3 rings (SSSR count). The van der Waals surface area contributed by atoms with E-state index in [9.17, 15) is 13.2 Å². The largest absolute Gasteiger partial charge is 0.383 e. The number of carbonyl (C=O) groups excluding carboxylic acids is 1. The number of benzene rings is 2. The van der Waals surface area contributed by atoms with E-state index in [0.717, 1.165) is 17.3 Å². The number of rotatable bonds is 6. The molecule has 3 aromatic rings. The number of para-hydroxylation sites is 1. The molecular weight excluding hydrogens is 396 g/mol. The van der Waals surface area contributed by atoms with Crippen molar-refractivity contribution in [1.82, 2.24) is 9.78 Å². The van der Waals surface area contributed by atoms with Crippen molar-refractivity contribution in [3.05, 3.63) is 60.2 Å². The van der Waals surface area contributed by atoms with Crippen LogP contribution in [0.1, 0.15) is 5.56 Å². The molecule has 0 spiro atoms. The molecule has 1 amide bonds. The van der Waals surface area contributed by atoms with Crippen LogP contribution in [0.15, 0.2) is 69.4 Å². The Balaban J connectivity index is 1.92. The Morgan fingerprint density at radius 3 is 2.43 bits per heavy atom. The van der Waals surface area contributed by atoms with E-state index in [4.69, 9.17) is 5.73 Å². The van der Waals surface area contributed by atoms with E-state index >= 15 is 0 Å². The highest BCUT2D eigenvalue weighted by Crippen LogP contribution is 2.33. The number of aryl methyl sites for hydroxylation is 1. The van der Waals surface area contributed by atoms with Crippen molar-refractivity contribution in [1.29, 1.82) is 0 Å². The Hall–Kier alpha value is -2.78. The highest BCUT2D eigenvalue weighted by molar-refractivity contribution is 7.99. The van der Waals surface area contributed by atoms with Gasteiger partial charge in [-0.15, -0.1) is 11.8 Å². The first kappa shape index (κ1) is 20.0. The lowest BCUT2D eigenvalue weighted by Crippen LogP contribution is -2.21. The quantitative estimate of drug-likeness (QED) is 0.598. The molecule has 0 saturated heterocycles. The Labute approximate surface area is 167 Å². The number of anilines is 2. The highest BCUT2D eigenvalue weighted by atomic mass is 32.2. The molecule has 28 heavy (non-hydrogen) atoms. The van der Waals surface area contributed by atoms with Crippen molar-refractivity contribution in [2.45, 2.75) is 28.3 Å². The van der Waals surface area contributed by atoms with E-state index in [-0.39, 0.29) is 33.1 Å². The summed E-state index contributed by atoms with van der Waals surface area (Å²) in [5, 5.41) is 7.28. The van der Waals surface area contributed by atoms with Crippen LogP contribution in [-0.2, 0) is 21.2 Å². The predicted molar refractivity (Wildman–Crippen MR) is 110 cm³/mol. The van der Waals surface area contributed by atoms with Gasteiger partial charge in [0.1, 0.15) is 22.3 Å². The van der Waals surface area contributed by atoms with Crippen LogP contribution in [0.4, 0.5) is 11.5 Å². The van der Waals surface area contributed by atoms with Crippen molar-refractivity contribution < 1.29 is 13.2 Å². The molecule has 0 bridgehead atoms. The van der Waals surface area contributed by atoms with Crippen LogP contribution < -0.4 is 11.1 Å². The Morgan fingerprint density at radius 2 is 1.79 bits per heavy atom. The second-order valence-corrected chi connectivity index (χ2v) is 8.74. The maximum absolute atomic E-state index is 13.0. The van der Waals surface area contributed by atoms with E-state index in [1.165, 1.54) is 16.8 Å². The zero-order valence-electron chi connectivity index (χ0n) is 15.4. The van der Waals surface area contributed by atoms with Gasteiger partial charge in [-0.05, 0) is 36.9 Å². The number of carbonyl (C=O) groups is 1. The summed E-state index contributed by atoms with van der Waals surface area (Å²) in [7, 11) is -3.85. The number of nitrogens with two attached hydrogens (primary N) is 1. The first-order valence-corrected chi connectivity index (χ1v) is 11.1. The molecule has 0 aliphatic carbocycles. The molecule has 9 heteroatoms. The summed E-state index contributed by atoms with van der Waals surface area (Å²) in [6.07, 6.45) is 1.71. The van der Waals surface area contributed by atoms with Gasteiger partial charge in [0.2, 0.25) is 15.7 Å². The van der Waals surface area contributed by atoms with Gasteiger partial charge in [0.05, 0.1) is 4.90 Å². The monoisotopic (exact) mass is 416 g/mol. The summed E-state index contributed by atoms with van der Waals surface area (Å²) >= 11 is 1.16. The van der Waals surface area contributed by atoms with Gasteiger partial charge >= 0.3 is 0 Å². The smallest absolute Gasteiger partial charge is 0.246 e. The van der Waals surface area contributed by atoms with Crippen LogP contribution in [0.2, 0.25) is 0 Å². The van der Waals surface area contributed by atoms with Gasteiger partial charge in [0, 0.05) is 5.69 Å². The standard InChI is InChI=1S/C19H20N4O3S2/c1-13-8-6-7-11-15(13)21-16(24)12-23-18(20)17(19(22-23)27-2)28(25,26)14-9-4-3-5-10-14/h3-11H,12,20H2,1-2H3,(H,21,24). The maximum Gasteiger partial charge on any atom is 0.246 e. The highest BCUT2D eigenvalue weighted by Gasteiger charge is 2.29. The lowest BCUT2D eigenvalue weighted by molar-refractivity contribution is -0.116. The number of thioether (sulfide) groups is 1. The van der Waals surface area contributed by atoms with Crippen LogP contribution in [0.3, 0.4) is 0 Å². The minimum Gasteiger partial charge on any atom is -0.383 e. The Morgan fingerprint density at radius 1 is 1.14 bits per heavy atom. The van der Waals surface area contributed by atoms with E-state index in [1.807, 2.05) is 25.1 Å². The molecule has 0 fully saturated rings. The van der Waals surface area contributed by atoms with Crippen LogP contribution in [0.25, 0.3) is 0 Å². The van der Waals surface area contributed by atoms with Crippen molar-refractivity contribution in [3.8, 4) is 0 Å². The number of aromatic nitrogens is 2. The number of nitrogens with one attached hydrogen (secondary N) is 1. The molecule has 1 aromatic heterocycles.